The first-order valence-electron chi connectivity index (χ1n) is 8.66. The molecular weight excluding hydrogens is 390 g/mol. The summed E-state index contributed by atoms with van der Waals surface area (Å²) in [7, 11) is 1.33. The summed E-state index contributed by atoms with van der Waals surface area (Å²) in [6.07, 6.45) is 0.385. The molecule has 0 aliphatic rings. The molecule has 2 aromatic carbocycles. The quantitative estimate of drug-likeness (QED) is 0.475. The molecule has 0 fully saturated rings. The van der Waals surface area contributed by atoms with E-state index in [4.69, 9.17) is 9.47 Å². The van der Waals surface area contributed by atoms with Gasteiger partial charge in [-0.15, -0.1) is 0 Å². The molecule has 0 heterocycles. The molecule has 2 aromatic rings. The Morgan fingerprint density at radius 3 is 2.52 bits per heavy atom. The van der Waals surface area contributed by atoms with Gasteiger partial charge in [-0.3, -0.25) is 14.9 Å². The van der Waals surface area contributed by atoms with Crippen LogP contribution in [0.4, 0.5) is 14.5 Å². The van der Waals surface area contributed by atoms with Gasteiger partial charge in [0, 0.05) is 18.2 Å². The van der Waals surface area contributed by atoms with Crippen molar-refractivity contribution >= 4 is 11.6 Å². The van der Waals surface area contributed by atoms with Crippen molar-refractivity contribution in [2.75, 3.05) is 20.3 Å². The second-order valence-electron chi connectivity index (χ2n) is 5.74. The van der Waals surface area contributed by atoms with E-state index in [1.807, 2.05) is 0 Å². The summed E-state index contributed by atoms with van der Waals surface area (Å²) in [5.41, 5.74) is 0.554. The Morgan fingerprint density at radius 2 is 1.90 bits per heavy atom. The zero-order valence-corrected chi connectivity index (χ0v) is 15.8. The predicted octanol–water partition coefficient (Wildman–Crippen LogP) is 3.58. The number of hydrogen-bond donors (Lipinski definition) is 1. The van der Waals surface area contributed by atoms with Crippen molar-refractivity contribution in [3.63, 3.8) is 0 Å². The van der Waals surface area contributed by atoms with Gasteiger partial charge in [0.1, 0.15) is 0 Å². The van der Waals surface area contributed by atoms with Gasteiger partial charge < -0.3 is 19.5 Å². The highest BCUT2D eigenvalue weighted by atomic mass is 19.3. The minimum absolute atomic E-state index is 0.0861. The molecule has 0 radical (unpaired) electrons. The lowest BCUT2D eigenvalue weighted by atomic mass is 10.1. The van der Waals surface area contributed by atoms with Crippen LogP contribution in [0.2, 0.25) is 0 Å². The van der Waals surface area contributed by atoms with Gasteiger partial charge in [0.2, 0.25) is 0 Å². The number of amides is 1. The van der Waals surface area contributed by atoms with Gasteiger partial charge in [-0.1, -0.05) is 6.07 Å². The number of benzene rings is 2. The molecule has 1 amide bonds. The molecule has 0 saturated heterocycles. The third kappa shape index (κ3) is 6.03. The molecular formula is C19H20F2N2O6. The standard InChI is InChI=1S/C19H20F2N2O6/c1-3-28-15-7-5-13(11-14(15)23(25)26)18(24)22-9-8-12-4-6-16(29-19(20)21)17(10-12)27-2/h4-7,10-11,19H,3,8-9H2,1-2H3,(H,22,24). The third-order valence-corrected chi connectivity index (χ3v) is 3.86. The SMILES string of the molecule is CCOc1ccc(C(=O)NCCc2ccc(OC(F)F)c(OC)c2)cc1[N+](=O)[O-]. The monoisotopic (exact) mass is 410 g/mol. The fourth-order valence-corrected chi connectivity index (χ4v) is 2.56. The van der Waals surface area contributed by atoms with Crippen molar-refractivity contribution in [3.05, 3.63) is 57.6 Å². The van der Waals surface area contributed by atoms with Crippen LogP contribution in [0.25, 0.3) is 0 Å². The summed E-state index contributed by atoms with van der Waals surface area (Å²) in [5.74, 6) is -0.332. The maximum absolute atomic E-state index is 12.4. The van der Waals surface area contributed by atoms with Gasteiger partial charge in [0.25, 0.3) is 5.91 Å². The van der Waals surface area contributed by atoms with Crippen LogP contribution in [0, 0.1) is 10.1 Å². The van der Waals surface area contributed by atoms with E-state index in [0.717, 1.165) is 11.6 Å². The highest BCUT2D eigenvalue weighted by molar-refractivity contribution is 5.95. The number of nitrogens with zero attached hydrogens (tertiary/aromatic N) is 1. The number of carbonyl (C=O) groups is 1. The minimum Gasteiger partial charge on any atom is -0.493 e. The van der Waals surface area contributed by atoms with Crippen LogP contribution < -0.4 is 19.5 Å². The van der Waals surface area contributed by atoms with Crippen molar-refractivity contribution in [1.29, 1.82) is 0 Å². The van der Waals surface area contributed by atoms with E-state index in [1.54, 1.807) is 13.0 Å². The molecule has 8 nitrogen and oxygen atoms in total. The van der Waals surface area contributed by atoms with Crippen molar-refractivity contribution in [2.24, 2.45) is 0 Å². The van der Waals surface area contributed by atoms with E-state index in [1.165, 1.54) is 31.4 Å². The van der Waals surface area contributed by atoms with Crippen LogP contribution in [-0.2, 0) is 6.42 Å². The number of ether oxygens (including phenoxy) is 3. The first-order chi connectivity index (χ1) is 13.8. The summed E-state index contributed by atoms with van der Waals surface area (Å²) in [5, 5.41) is 13.8. The summed E-state index contributed by atoms with van der Waals surface area (Å²) in [6, 6.07) is 8.44. The zero-order valence-electron chi connectivity index (χ0n) is 15.8. The highest BCUT2D eigenvalue weighted by Gasteiger charge is 2.18. The summed E-state index contributed by atoms with van der Waals surface area (Å²) in [4.78, 5) is 22.8. The highest BCUT2D eigenvalue weighted by Crippen LogP contribution is 2.30. The van der Waals surface area contributed by atoms with E-state index >= 15 is 0 Å². The van der Waals surface area contributed by atoms with Crippen LogP contribution in [-0.4, -0.2) is 37.7 Å². The molecule has 156 valence electrons. The lowest BCUT2D eigenvalue weighted by Gasteiger charge is -2.12. The predicted molar refractivity (Wildman–Crippen MR) is 99.9 cm³/mol. The molecule has 0 spiro atoms. The Labute approximate surface area is 165 Å². The van der Waals surface area contributed by atoms with Crippen molar-refractivity contribution in [1.82, 2.24) is 5.32 Å². The van der Waals surface area contributed by atoms with Gasteiger partial charge in [-0.25, -0.2) is 0 Å². The second-order valence-corrected chi connectivity index (χ2v) is 5.74. The van der Waals surface area contributed by atoms with E-state index in [2.05, 4.69) is 10.1 Å². The van der Waals surface area contributed by atoms with Crippen LogP contribution in [0.5, 0.6) is 17.2 Å². The van der Waals surface area contributed by atoms with E-state index in [0.29, 0.717) is 6.42 Å². The van der Waals surface area contributed by atoms with Crippen LogP contribution >= 0.6 is 0 Å². The fourth-order valence-electron chi connectivity index (χ4n) is 2.56. The Hall–Kier alpha value is -3.43. The number of nitro benzene ring substituents is 1. The summed E-state index contributed by atoms with van der Waals surface area (Å²) < 4.78 is 39.3. The minimum atomic E-state index is -2.97. The van der Waals surface area contributed by atoms with Crippen molar-refractivity contribution < 1.29 is 32.7 Å². The number of nitro groups is 1. The normalized spacial score (nSPS) is 10.5. The first kappa shape index (κ1) is 21.9. The van der Waals surface area contributed by atoms with Crippen LogP contribution in [0.3, 0.4) is 0 Å². The van der Waals surface area contributed by atoms with Crippen molar-refractivity contribution in [2.45, 2.75) is 20.0 Å². The number of hydrogen-bond acceptors (Lipinski definition) is 6. The maximum atomic E-state index is 12.4. The molecule has 10 heteroatoms. The molecule has 0 atom stereocenters. The third-order valence-electron chi connectivity index (χ3n) is 3.86. The fraction of sp³-hybridized carbons (Fsp3) is 0.316. The van der Waals surface area contributed by atoms with E-state index in [-0.39, 0.29) is 41.7 Å². The lowest BCUT2D eigenvalue weighted by molar-refractivity contribution is -0.385. The summed E-state index contributed by atoms with van der Waals surface area (Å²) >= 11 is 0. The summed E-state index contributed by atoms with van der Waals surface area (Å²) in [6.45, 7) is -0.784. The smallest absolute Gasteiger partial charge is 0.387 e. The van der Waals surface area contributed by atoms with Gasteiger partial charge in [-0.05, 0) is 43.2 Å². The maximum Gasteiger partial charge on any atom is 0.387 e. The van der Waals surface area contributed by atoms with Gasteiger partial charge in [0.05, 0.1) is 18.6 Å². The number of halogens is 2. The number of methoxy groups -OCH3 is 1. The molecule has 0 aliphatic heterocycles. The average molecular weight is 410 g/mol. The number of nitrogens with one attached hydrogen (secondary N) is 1. The first-order valence-corrected chi connectivity index (χ1v) is 8.66. The molecule has 0 aliphatic carbocycles. The molecule has 29 heavy (non-hydrogen) atoms. The molecule has 0 bridgehead atoms. The Kier molecular flexibility index (Phi) is 7.70. The number of alkyl halides is 2. The Morgan fingerprint density at radius 1 is 1.17 bits per heavy atom. The molecule has 0 saturated carbocycles. The van der Waals surface area contributed by atoms with E-state index in [9.17, 15) is 23.7 Å². The molecule has 0 aromatic heterocycles. The Bertz CT molecular complexity index is 876. The zero-order chi connectivity index (χ0) is 21.4. The molecule has 1 N–H and O–H groups in total. The van der Waals surface area contributed by atoms with Gasteiger partial charge in [0.15, 0.2) is 17.2 Å². The van der Waals surface area contributed by atoms with Crippen LogP contribution in [0.1, 0.15) is 22.8 Å². The molecule has 2 rings (SSSR count). The average Bonchev–Trinajstić information content (AvgIpc) is 2.68. The topological polar surface area (TPSA) is 99.9 Å². The number of rotatable bonds is 10. The van der Waals surface area contributed by atoms with E-state index < -0.39 is 17.4 Å². The number of carbonyl (C=O) groups excluding carboxylic acids is 1. The van der Waals surface area contributed by atoms with Gasteiger partial charge >= 0.3 is 12.3 Å². The van der Waals surface area contributed by atoms with Gasteiger partial charge in [-0.2, -0.15) is 8.78 Å². The molecule has 0 unspecified atom stereocenters. The Balaban J connectivity index is 2.01. The van der Waals surface area contributed by atoms with Crippen LogP contribution in [0.15, 0.2) is 36.4 Å². The lowest BCUT2D eigenvalue weighted by Crippen LogP contribution is -2.25. The van der Waals surface area contributed by atoms with Crippen molar-refractivity contribution in [3.8, 4) is 17.2 Å². The largest absolute Gasteiger partial charge is 0.493 e. The second kappa shape index (κ2) is 10.2.